The molecule has 0 radical (unpaired) electrons. The number of nitrogens with one attached hydrogen (secondary N) is 1. The fourth-order valence-electron chi connectivity index (χ4n) is 5.49. The molecule has 4 aromatic carbocycles. The van der Waals surface area contributed by atoms with Gasteiger partial charge in [-0.25, -0.2) is 4.39 Å². The third-order valence-corrected chi connectivity index (χ3v) is 7.97. The van der Waals surface area contributed by atoms with Crippen LogP contribution in [0.5, 0.6) is 0 Å². The van der Waals surface area contributed by atoms with Gasteiger partial charge in [0.05, 0.1) is 11.2 Å². The number of anilines is 1. The third kappa shape index (κ3) is 6.40. The van der Waals surface area contributed by atoms with Crippen LogP contribution in [-0.2, 0) is 6.54 Å². The van der Waals surface area contributed by atoms with Gasteiger partial charge in [-0.05, 0) is 103 Å². The second-order valence-corrected chi connectivity index (χ2v) is 11.1. The molecule has 6 rings (SSSR count). The van der Waals surface area contributed by atoms with E-state index in [0.29, 0.717) is 34.9 Å². The monoisotopic (exact) mass is 577 g/mol. The van der Waals surface area contributed by atoms with E-state index in [-0.39, 0.29) is 23.4 Å². The van der Waals surface area contributed by atoms with E-state index in [4.69, 9.17) is 16.6 Å². The van der Waals surface area contributed by atoms with Crippen molar-refractivity contribution in [1.82, 2.24) is 9.88 Å². The van der Waals surface area contributed by atoms with E-state index in [2.05, 4.69) is 10.2 Å². The predicted molar refractivity (Wildman–Crippen MR) is 165 cm³/mol. The van der Waals surface area contributed by atoms with Crippen LogP contribution in [0.25, 0.3) is 22.0 Å². The van der Waals surface area contributed by atoms with Crippen LogP contribution >= 0.6 is 11.6 Å². The highest BCUT2D eigenvalue weighted by Gasteiger charge is 2.27. The summed E-state index contributed by atoms with van der Waals surface area (Å²) in [5, 5.41) is 4.60. The Labute approximate surface area is 249 Å². The van der Waals surface area contributed by atoms with Crippen molar-refractivity contribution in [1.29, 1.82) is 0 Å². The average Bonchev–Trinajstić information content (AvgIpc) is 3.02. The lowest BCUT2D eigenvalue weighted by Crippen LogP contribution is -2.38. The molecule has 1 amide bonds. The van der Waals surface area contributed by atoms with Crippen LogP contribution in [0, 0.1) is 11.7 Å². The fraction of sp³-hybridized carbons (Fsp3) is 0.171. The van der Waals surface area contributed by atoms with E-state index in [1.165, 1.54) is 12.1 Å². The molecule has 42 heavy (non-hydrogen) atoms. The third-order valence-electron chi connectivity index (χ3n) is 7.72. The molecule has 1 aromatic heterocycles. The van der Waals surface area contributed by atoms with E-state index in [1.807, 2.05) is 78.9 Å². The Morgan fingerprint density at radius 3 is 2.29 bits per heavy atom. The molecule has 1 N–H and O–H groups in total. The van der Waals surface area contributed by atoms with Gasteiger partial charge >= 0.3 is 0 Å². The van der Waals surface area contributed by atoms with Crippen LogP contribution in [0.3, 0.4) is 0 Å². The number of hydrogen-bond donors (Lipinski definition) is 1. The first-order chi connectivity index (χ1) is 20.4. The standard InChI is InChI=1S/C35H29ClFN3O2/c36-29-12-7-24(8-13-29)23-3-5-26(6-4-23)35(42)39-31-17-18-33-27(20-31)11-16-32(38-33)22-40-19-1-2-28(21-40)34(41)25-9-14-30(37)15-10-25/h3-18,20,28H,1-2,19,21-22H2,(H,39,42). The normalized spacial score (nSPS) is 15.4. The molecule has 1 saturated heterocycles. The van der Waals surface area contributed by atoms with Crippen LogP contribution in [0.2, 0.25) is 5.02 Å². The van der Waals surface area contributed by atoms with Crippen molar-refractivity contribution in [2.45, 2.75) is 19.4 Å². The first kappa shape index (κ1) is 27.8. The number of halogens is 2. The molecule has 0 saturated carbocycles. The maximum Gasteiger partial charge on any atom is 0.255 e. The number of ketones is 1. The zero-order chi connectivity index (χ0) is 29.1. The number of piperidine rings is 1. The summed E-state index contributed by atoms with van der Waals surface area (Å²) in [6.07, 6.45) is 1.76. The Morgan fingerprint density at radius 2 is 1.55 bits per heavy atom. The first-order valence-corrected chi connectivity index (χ1v) is 14.4. The van der Waals surface area contributed by atoms with Crippen molar-refractivity contribution < 1.29 is 14.0 Å². The molecule has 1 unspecified atom stereocenters. The van der Waals surface area contributed by atoms with Gasteiger partial charge in [0.1, 0.15) is 5.82 Å². The van der Waals surface area contributed by atoms with Gasteiger partial charge in [-0.3, -0.25) is 19.5 Å². The maximum absolute atomic E-state index is 13.3. The lowest BCUT2D eigenvalue weighted by Gasteiger charge is -2.31. The molecule has 210 valence electrons. The van der Waals surface area contributed by atoms with Gasteiger partial charge in [0.25, 0.3) is 5.91 Å². The molecule has 0 aliphatic carbocycles. The number of nitrogens with zero attached hydrogens (tertiary/aromatic N) is 2. The molecule has 0 bridgehead atoms. The number of fused-ring (bicyclic) bond motifs is 1. The number of carbonyl (C=O) groups excluding carboxylic acids is 2. The van der Waals surface area contributed by atoms with E-state index < -0.39 is 0 Å². The molecular formula is C35H29ClFN3O2. The Kier molecular flexibility index (Phi) is 8.08. The number of benzene rings is 4. The van der Waals surface area contributed by atoms with Crippen LogP contribution < -0.4 is 5.32 Å². The summed E-state index contributed by atoms with van der Waals surface area (Å²) in [4.78, 5) is 33.0. The molecule has 0 spiro atoms. The number of aromatic nitrogens is 1. The van der Waals surface area contributed by atoms with Gasteiger partial charge in [0.2, 0.25) is 0 Å². The smallest absolute Gasteiger partial charge is 0.255 e. The van der Waals surface area contributed by atoms with Crippen LogP contribution in [0.15, 0.2) is 103 Å². The Morgan fingerprint density at radius 1 is 0.857 bits per heavy atom. The molecule has 1 aliphatic heterocycles. The molecule has 7 heteroatoms. The minimum absolute atomic E-state index is 0.0678. The van der Waals surface area contributed by atoms with Crippen LogP contribution in [-0.4, -0.2) is 34.7 Å². The first-order valence-electron chi connectivity index (χ1n) is 14.0. The van der Waals surface area contributed by atoms with Crippen molar-refractivity contribution in [2.75, 3.05) is 18.4 Å². The molecule has 1 fully saturated rings. The van der Waals surface area contributed by atoms with Crippen molar-refractivity contribution in [2.24, 2.45) is 5.92 Å². The van der Waals surface area contributed by atoms with Crippen molar-refractivity contribution >= 4 is 39.9 Å². The van der Waals surface area contributed by atoms with Gasteiger partial charge in [0.15, 0.2) is 5.78 Å². The van der Waals surface area contributed by atoms with Crippen LogP contribution in [0.1, 0.15) is 39.3 Å². The summed E-state index contributed by atoms with van der Waals surface area (Å²) in [6, 6.07) is 30.6. The highest BCUT2D eigenvalue weighted by molar-refractivity contribution is 6.30. The maximum atomic E-state index is 13.3. The van der Waals surface area contributed by atoms with Gasteiger partial charge < -0.3 is 5.32 Å². The predicted octanol–water partition coefficient (Wildman–Crippen LogP) is 8.04. The molecule has 2 heterocycles. The lowest BCUT2D eigenvalue weighted by molar-refractivity contribution is 0.0810. The minimum Gasteiger partial charge on any atom is -0.322 e. The number of pyridine rings is 1. The van der Waals surface area contributed by atoms with Crippen molar-refractivity contribution in [3.05, 3.63) is 131 Å². The minimum atomic E-state index is -0.339. The average molecular weight is 578 g/mol. The van der Waals surface area contributed by atoms with Crippen molar-refractivity contribution in [3.8, 4) is 11.1 Å². The quantitative estimate of drug-likeness (QED) is 0.199. The zero-order valence-corrected chi connectivity index (χ0v) is 23.7. The van der Waals surface area contributed by atoms with Gasteiger partial charge in [-0.15, -0.1) is 0 Å². The summed E-state index contributed by atoms with van der Waals surface area (Å²) in [5.41, 5.74) is 5.64. The number of Topliss-reactive ketones (excluding diaryl/α,β-unsaturated/α-hetero) is 1. The summed E-state index contributed by atoms with van der Waals surface area (Å²) in [7, 11) is 0. The lowest BCUT2D eigenvalue weighted by atomic mass is 9.90. The van der Waals surface area contributed by atoms with E-state index in [0.717, 1.165) is 47.1 Å². The Hall–Kier alpha value is -4.39. The van der Waals surface area contributed by atoms with E-state index in [1.54, 1.807) is 12.1 Å². The van der Waals surface area contributed by atoms with E-state index in [9.17, 15) is 14.0 Å². The molecular weight excluding hydrogens is 549 g/mol. The molecule has 5 nitrogen and oxygen atoms in total. The SMILES string of the molecule is O=C(Nc1ccc2nc(CN3CCCC(C(=O)c4ccc(F)cc4)C3)ccc2c1)c1ccc(-c2ccc(Cl)cc2)cc1. The largest absolute Gasteiger partial charge is 0.322 e. The highest BCUT2D eigenvalue weighted by atomic mass is 35.5. The summed E-state index contributed by atoms with van der Waals surface area (Å²) in [5.74, 6) is -0.562. The number of rotatable bonds is 7. The van der Waals surface area contributed by atoms with Gasteiger partial charge in [-0.2, -0.15) is 0 Å². The fourth-order valence-corrected chi connectivity index (χ4v) is 5.61. The number of likely N-dealkylation sites (tertiary alicyclic amines) is 1. The summed E-state index contributed by atoms with van der Waals surface area (Å²) < 4.78 is 13.3. The Bertz CT molecular complexity index is 1740. The molecule has 1 atom stereocenters. The zero-order valence-electron chi connectivity index (χ0n) is 22.9. The second-order valence-electron chi connectivity index (χ2n) is 10.7. The van der Waals surface area contributed by atoms with Gasteiger partial charge in [-0.1, -0.05) is 41.9 Å². The Balaban J connectivity index is 1.08. The van der Waals surface area contributed by atoms with E-state index >= 15 is 0 Å². The highest BCUT2D eigenvalue weighted by Crippen LogP contribution is 2.25. The number of carbonyl (C=O) groups is 2. The number of hydrogen-bond acceptors (Lipinski definition) is 4. The van der Waals surface area contributed by atoms with Crippen LogP contribution in [0.4, 0.5) is 10.1 Å². The molecule has 5 aromatic rings. The van der Waals surface area contributed by atoms with Gasteiger partial charge in [0, 0.05) is 46.2 Å². The summed E-state index contributed by atoms with van der Waals surface area (Å²) >= 11 is 5.98. The number of amides is 1. The topological polar surface area (TPSA) is 62.3 Å². The molecule has 1 aliphatic rings. The van der Waals surface area contributed by atoms with Crippen molar-refractivity contribution in [3.63, 3.8) is 0 Å². The summed E-state index contributed by atoms with van der Waals surface area (Å²) in [6.45, 7) is 2.20. The second kappa shape index (κ2) is 12.2.